The molecule has 144 valence electrons. The molecule has 9 heteroatoms. The van der Waals surface area contributed by atoms with E-state index in [1.165, 1.54) is 28.8 Å². The van der Waals surface area contributed by atoms with E-state index >= 15 is 0 Å². The molecular weight excluding hydrogens is 421 g/mol. The molecule has 3 rings (SSSR count). The number of amides is 1. The van der Waals surface area contributed by atoms with E-state index in [0.29, 0.717) is 31.0 Å². The first-order valence-corrected chi connectivity index (χ1v) is 9.43. The Kier molecular flexibility index (Phi) is 5.91. The van der Waals surface area contributed by atoms with Crippen LogP contribution < -0.4 is 10.9 Å². The molecule has 1 aromatic heterocycles. The van der Waals surface area contributed by atoms with Crippen molar-refractivity contribution in [2.24, 2.45) is 0 Å². The number of aromatic nitrogens is 2. The third-order valence-electron chi connectivity index (χ3n) is 4.39. The van der Waals surface area contributed by atoms with E-state index in [1.54, 1.807) is 0 Å². The zero-order chi connectivity index (χ0) is 19.6. The summed E-state index contributed by atoms with van der Waals surface area (Å²) in [6.45, 7) is 2.63. The van der Waals surface area contributed by atoms with E-state index in [2.05, 4.69) is 26.2 Å². The average molecular weight is 440 g/mol. The summed E-state index contributed by atoms with van der Waals surface area (Å²) < 4.78 is 19.9. The molecular formula is C18H19BrFN3O4. The van der Waals surface area contributed by atoms with Crippen molar-refractivity contribution < 1.29 is 19.0 Å². The van der Waals surface area contributed by atoms with Crippen LogP contribution in [0.5, 0.6) is 5.75 Å². The van der Waals surface area contributed by atoms with Crippen molar-refractivity contribution in [3.8, 4) is 5.75 Å². The van der Waals surface area contributed by atoms with Gasteiger partial charge in [-0.05, 0) is 24.1 Å². The second kappa shape index (κ2) is 8.18. The highest BCUT2D eigenvalue weighted by atomic mass is 79.9. The zero-order valence-electron chi connectivity index (χ0n) is 14.6. The van der Waals surface area contributed by atoms with Crippen molar-refractivity contribution in [3.63, 3.8) is 0 Å². The largest absolute Gasteiger partial charge is 0.501 e. The molecule has 27 heavy (non-hydrogen) atoms. The number of aromatic hydroxyl groups is 1. The van der Waals surface area contributed by atoms with Gasteiger partial charge in [0.1, 0.15) is 11.6 Å². The lowest BCUT2D eigenvalue weighted by Gasteiger charge is -2.19. The summed E-state index contributed by atoms with van der Waals surface area (Å²) in [7, 11) is 0. The number of carbonyl (C=O) groups is 1. The average Bonchev–Trinajstić information content (AvgIpc) is 2.82. The Labute approximate surface area is 163 Å². The second-order valence-electron chi connectivity index (χ2n) is 6.22. The SMILES string of the molecule is CC[C@H]1COCC(Br)c2nc(C(=O)NCc3ccc(F)cc3)c(O)c(=O)n21. The Bertz CT molecular complexity index is 901. The van der Waals surface area contributed by atoms with E-state index in [-0.39, 0.29) is 28.9 Å². The van der Waals surface area contributed by atoms with Gasteiger partial charge in [0.25, 0.3) is 11.5 Å². The van der Waals surface area contributed by atoms with Gasteiger partial charge in [-0.15, -0.1) is 0 Å². The van der Waals surface area contributed by atoms with Gasteiger partial charge in [-0.25, -0.2) is 9.37 Å². The summed E-state index contributed by atoms with van der Waals surface area (Å²) in [4.78, 5) is 29.0. The Morgan fingerprint density at radius 2 is 2.11 bits per heavy atom. The van der Waals surface area contributed by atoms with Gasteiger partial charge in [-0.2, -0.15) is 0 Å². The molecule has 2 N–H and O–H groups in total. The summed E-state index contributed by atoms with van der Waals surface area (Å²) in [6.07, 6.45) is 0.615. The van der Waals surface area contributed by atoms with Crippen molar-refractivity contribution in [3.05, 3.63) is 57.5 Å². The second-order valence-corrected chi connectivity index (χ2v) is 7.32. The van der Waals surface area contributed by atoms with Crippen LogP contribution in [-0.2, 0) is 11.3 Å². The molecule has 0 spiro atoms. The van der Waals surface area contributed by atoms with Crippen LogP contribution in [0.3, 0.4) is 0 Å². The van der Waals surface area contributed by atoms with Gasteiger partial charge in [0.15, 0.2) is 5.69 Å². The number of nitrogens with zero attached hydrogens (tertiary/aromatic N) is 2. The summed E-state index contributed by atoms with van der Waals surface area (Å²) >= 11 is 3.42. The molecule has 0 radical (unpaired) electrons. The number of fused-ring (bicyclic) bond motifs is 1. The molecule has 1 unspecified atom stereocenters. The quantitative estimate of drug-likeness (QED) is 0.713. The molecule has 0 fully saturated rings. The van der Waals surface area contributed by atoms with Gasteiger partial charge in [-0.3, -0.25) is 14.2 Å². The Morgan fingerprint density at radius 1 is 1.41 bits per heavy atom. The van der Waals surface area contributed by atoms with Gasteiger partial charge in [0, 0.05) is 6.54 Å². The number of benzene rings is 1. The third kappa shape index (κ3) is 4.03. The number of rotatable bonds is 4. The van der Waals surface area contributed by atoms with E-state index in [1.807, 2.05) is 6.92 Å². The first-order chi connectivity index (χ1) is 12.9. The minimum absolute atomic E-state index is 0.108. The van der Waals surface area contributed by atoms with Crippen LogP contribution in [0.15, 0.2) is 29.1 Å². The molecule has 2 heterocycles. The number of carbonyl (C=O) groups excluding carboxylic acids is 1. The molecule has 1 aliphatic rings. The van der Waals surface area contributed by atoms with E-state index in [0.717, 1.165) is 0 Å². The number of ether oxygens (including phenoxy) is 1. The third-order valence-corrected chi connectivity index (χ3v) is 5.07. The van der Waals surface area contributed by atoms with Crippen LogP contribution in [-0.4, -0.2) is 33.8 Å². The minimum Gasteiger partial charge on any atom is -0.501 e. The van der Waals surface area contributed by atoms with Gasteiger partial charge >= 0.3 is 0 Å². The Balaban J connectivity index is 1.91. The molecule has 1 aliphatic heterocycles. The lowest BCUT2D eigenvalue weighted by molar-refractivity contribution is 0.0941. The fraction of sp³-hybridized carbons (Fsp3) is 0.389. The fourth-order valence-corrected chi connectivity index (χ4v) is 3.41. The smallest absolute Gasteiger partial charge is 0.296 e. The first kappa shape index (κ1) is 19.5. The number of hydrogen-bond acceptors (Lipinski definition) is 5. The summed E-state index contributed by atoms with van der Waals surface area (Å²) in [6, 6.07) is 5.36. The van der Waals surface area contributed by atoms with Crippen LogP contribution in [0.25, 0.3) is 0 Å². The topological polar surface area (TPSA) is 93.5 Å². The predicted octanol–water partition coefficient (Wildman–Crippen LogP) is 2.44. The molecule has 2 atom stereocenters. The minimum atomic E-state index is -0.699. The Morgan fingerprint density at radius 3 is 2.78 bits per heavy atom. The van der Waals surface area contributed by atoms with E-state index < -0.39 is 17.2 Å². The zero-order valence-corrected chi connectivity index (χ0v) is 16.2. The standard InChI is InChI=1S/C18H19BrFN3O4/c1-2-12-8-27-9-13(19)16-22-14(15(24)18(26)23(12)16)17(25)21-7-10-3-5-11(20)6-4-10/h3-6,12-13,24H,2,7-9H2,1H3,(H,21,25)/t12-,13?/m0/s1. The normalized spacial score (nSPS) is 19.2. The first-order valence-electron chi connectivity index (χ1n) is 8.52. The van der Waals surface area contributed by atoms with Crippen LogP contribution in [0, 0.1) is 5.82 Å². The molecule has 0 saturated heterocycles. The monoisotopic (exact) mass is 439 g/mol. The predicted molar refractivity (Wildman–Crippen MR) is 99.5 cm³/mol. The van der Waals surface area contributed by atoms with Crippen molar-refractivity contribution in [2.75, 3.05) is 13.2 Å². The number of nitrogens with one attached hydrogen (secondary N) is 1. The Hall–Kier alpha value is -2.26. The summed E-state index contributed by atoms with van der Waals surface area (Å²) in [5, 5.41) is 12.9. The maximum Gasteiger partial charge on any atom is 0.296 e. The lowest BCUT2D eigenvalue weighted by atomic mass is 10.2. The van der Waals surface area contributed by atoms with E-state index in [9.17, 15) is 19.1 Å². The van der Waals surface area contributed by atoms with Crippen molar-refractivity contribution in [2.45, 2.75) is 30.8 Å². The van der Waals surface area contributed by atoms with Gasteiger partial charge < -0.3 is 15.2 Å². The van der Waals surface area contributed by atoms with Crippen molar-refractivity contribution >= 4 is 21.8 Å². The highest BCUT2D eigenvalue weighted by Gasteiger charge is 2.30. The maximum absolute atomic E-state index is 13.0. The molecule has 0 bridgehead atoms. The highest BCUT2D eigenvalue weighted by molar-refractivity contribution is 9.09. The van der Waals surface area contributed by atoms with Gasteiger partial charge in [-0.1, -0.05) is 35.0 Å². The van der Waals surface area contributed by atoms with Crippen LogP contribution in [0.4, 0.5) is 4.39 Å². The molecule has 1 amide bonds. The van der Waals surface area contributed by atoms with Gasteiger partial charge in [0.05, 0.1) is 24.1 Å². The van der Waals surface area contributed by atoms with Crippen LogP contribution >= 0.6 is 15.9 Å². The number of alkyl halides is 1. The number of halogens is 2. The summed E-state index contributed by atoms with van der Waals surface area (Å²) in [5.41, 5.74) is -0.336. The number of hydrogen-bond donors (Lipinski definition) is 2. The molecule has 1 aromatic carbocycles. The van der Waals surface area contributed by atoms with Crippen LogP contribution in [0.2, 0.25) is 0 Å². The molecule has 7 nitrogen and oxygen atoms in total. The molecule has 0 saturated carbocycles. The highest BCUT2D eigenvalue weighted by Crippen LogP contribution is 2.29. The van der Waals surface area contributed by atoms with Crippen molar-refractivity contribution in [1.82, 2.24) is 14.9 Å². The fourth-order valence-electron chi connectivity index (χ4n) is 2.90. The lowest BCUT2D eigenvalue weighted by Crippen LogP contribution is -2.33. The van der Waals surface area contributed by atoms with E-state index in [4.69, 9.17) is 4.74 Å². The maximum atomic E-state index is 13.0. The van der Waals surface area contributed by atoms with Gasteiger partial charge in [0.2, 0.25) is 5.75 Å². The molecule has 0 aliphatic carbocycles. The summed E-state index contributed by atoms with van der Waals surface area (Å²) in [5.74, 6) is -1.42. The molecule has 2 aromatic rings. The van der Waals surface area contributed by atoms with Crippen LogP contribution in [0.1, 0.15) is 46.1 Å². The van der Waals surface area contributed by atoms with Crippen molar-refractivity contribution in [1.29, 1.82) is 0 Å².